The molecule has 0 radical (unpaired) electrons. The molecule has 2 aromatic rings. The number of furan rings is 1. The summed E-state index contributed by atoms with van der Waals surface area (Å²) in [4.78, 5) is 12.4. The number of carbonyl (C=O) groups is 1. The predicted molar refractivity (Wildman–Crippen MR) is 84.6 cm³/mol. The molecule has 0 aliphatic carbocycles. The normalized spacial score (nSPS) is 26.0. The Labute approximate surface area is 129 Å². The molecule has 0 saturated carbocycles. The predicted octanol–water partition coefficient (Wildman–Crippen LogP) is 2.43. The molecule has 1 aromatic carbocycles. The maximum Gasteiger partial charge on any atom is 0.251 e. The molecule has 4 rings (SSSR count). The molecule has 2 aliphatic rings. The summed E-state index contributed by atoms with van der Waals surface area (Å²) in [5.74, 6) is 6.32. The Balaban J connectivity index is 1.54. The van der Waals surface area contributed by atoms with Crippen LogP contribution in [0.4, 0.5) is 0 Å². The van der Waals surface area contributed by atoms with E-state index < -0.39 is 0 Å². The van der Waals surface area contributed by atoms with Crippen LogP contribution in [0.25, 0.3) is 11.0 Å². The topological polar surface area (TPSA) is 54.3 Å². The van der Waals surface area contributed by atoms with Crippen LogP contribution in [0, 0.1) is 11.8 Å². The van der Waals surface area contributed by atoms with Crippen molar-refractivity contribution in [2.45, 2.75) is 44.3 Å². The zero-order valence-electron chi connectivity index (χ0n) is 12.5. The number of carbonyl (C=O) groups excluding carboxylic acids is 1. The first-order valence-electron chi connectivity index (χ1n) is 7.76. The number of hydrogen-bond donors (Lipinski definition) is 2. The van der Waals surface area contributed by atoms with Crippen molar-refractivity contribution >= 4 is 16.9 Å². The molecule has 3 heterocycles. The van der Waals surface area contributed by atoms with E-state index in [9.17, 15) is 4.79 Å². The van der Waals surface area contributed by atoms with Gasteiger partial charge in [0.05, 0.1) is 0 Å². The molecule has 2 fully saturated rings. The fourth-order valence-corrected chi connectivity index (χ4v) is 3.59. The Morgan fingerprint density at radius 1 is 1.36 bits per heavy atom. The van der Waals surface area contributed by atoms with E-state index >= 15 is 0 Å². The molecular weight excluding hydrogens is 276 g/mol. The number of nitrogens with one attached hydrogen (secondary N) is 2. The Morgan fingerprint density at radius 2 is 2.27 bits per heavy atom. The maximum atomic E-state index is 12.4. The summed E-state index contributed by atoms with van der Waals surface area (Å²) in [7, 11) is 0. The van der Waals surface area contributed by atoms with Crippen LogP contribution in [-0.4, -0.2) is 24.0 Å². The summed E-state index contributed by atoms with van der Waals surface area (Å²) >= 11 is 0. The Bertz CT molecular complexity index is 796. The average molecular weight is 294 g/mol. The molecule has 2 saturated heterocycles. The van der Waals surface area contributed by atoms with Crippen LogP contribution in [0.5, 0.6) is 0 Å². The van der Waals surface area contributed by atoms with Crippen LogP contribution in [-0.2, 0) is 0 Å². The van der Waals surface area contributed by atoms with Crippen molar-refractivity contribution in [1.82, 2.24) is 10.6 Å². The Hall–Kier alpha value is -2.25. The van der Waals surface area contributed by atoms with Crippen molar-refractivity contribution in [3.63, 3.8) is 0 Å². The maximum absolute atomic E-state index is 12.4. The lowest BCUT2D eigenvalue weighted by molar-refractivity contribution is 0.0931. The van der Waals surface area contributed by atoms with E-state index in [2.05, 4.69) is 22.5 Å². The van der Waals surface area contributed by atoms with E-state index in [1.54, 1.807) is 13.0 Å². The molecule has 1 aromatic heterocycles. The van der Waals surface area contributed by atoms with E-state index in [0.29, 0.717) is 29.0 Å². The van der Waals surface area contributed by atoms with E-state index in [0.717, 1.165) is 18.2 Å². The molecule has 2 aliphatic heterocycles. The van der Waals surface area contributed by atoms with Gasteiger partial charge in [-0.05, 0) is 44.2 Å². The van der Waals surface area contributed by atoms with Crippen molar-refractivity contribution in [1.29, 1.82) is 0 Å². The molecule has 22 heavy (non-hydrogen) atoms. The van der Waals surface area contributed by atoms with Crippen molar-refractivity contribution in [3.05, 3.63) is 35.6 Å². The molecule has 4 nitrogen and oxygen atoms in total. The summed E-state index contributed by atoms with van der Waals surface area (Å²) in [6.45, 7) is 1.77. The van der Waals surface area contributed by atoms with Crippen molar-refractivity contribution in [2.24, 2.45) is 0 Å². The molecule has 0 spiro atoms. The third-order valence-corrected chi connectivity index (χ3v) is 4.65. The highest BCUT2D eigenvalue weighted by molar-refractivity contribution is 5.97. The lowest BCUT2D eigenvalue weighted by Crippen LogP contribution is -2.42. The fourth-order valence-electron chi connectivity index (χ4n) is 3.59. The second-order valence-corrected chi connectivity index (χ2v) is 6.10. The average Bonchev–Trinajstić information content (AvgIpc) is 3.20. The highest BCUT2D eigenvalue weighted by atomic mass is 16.3. The molecular formula is C18H18N2O2. The molecule has 4 heteroatoms. The first-order valence-corrected chi connectivity index (χ1v) is 7.76. The summed E-state index contributed by atoms with van der Waals surface area (Å²) in [5, 5.41) is 7.65. The van der Waals surface area contributed by atoms with E-state index in [1.807, 2.05) is 18.2 Å². The quantitative estimate of drug-likeness (QED) is 0.836. The van der Waals surface area contributed by atoms with Crippen LogP contribution >= 0.6 is 0 Å². The highest BCUT2D eigenvalue weighted by Gasteiger charge is 2.39. The second-order valence-electron chi connectivity index (χ2n) is 6.10. The monoisotopic (exact) mass is 294 g/mol. The number of fused-ring (bicyclic) bond motifs is 3. The molecule has 112 valence electrons. The lowest BCUT2D eigenvalue weighted by Gasteiger charge is -2.21. The van der Waals surface area contributed by atoms with Gasteiger partial charge >= 0.3 is 0 Å². The summed E-state index contributed by atoms with van der Waals surface area (Å²) < 4.78 is 5.65. The summed E-state index contributed by atoms with van der Waals surface area (Å²) in [5.41, 5.74) is 1.34. The third kappa shape index (κ3) is 2.28. The minimum Gasteiger partial charge on any atom is -0.448 e. The molecule has 1 amide bonds. The van der Waals surface area contributed by atoms with Gasteiger partial charge in [-0.25, -0.2) is 0 Å². The van der Waals surface area contributed by atoms with E-state index in [1.165, 1.54) is 6.42 Å². The van der Waals surface area contributed by atoms with Gasteiger partial charge in [0.1, 0.15) is 5.58 Å². The van der Waals surface area contributed by atoms with Gasteiger partial charge in [0, 0.05) is 35.1 Å². The number of amides is 1. The van der Waals surface area contributed by atoms with Gasteiger partial charge in [-0.1, -0.05) is 12.0 Å². The van der Waals surface area contributed by atoms with Gasteiger partial charge in [-0.3, -0.25) is 4.79 Å². The van der Waals surface area contributed by atoms with Crippen molar-refractivity contribution in [3.8, 4) is 11.8 Å². The first-order chi connectivity index (χ1) is 10.7. The van der Waals surface area contributed by atoms with Crippen molar-refractivity contribution < 1.29 is 9.21 Å². The zero-order chi connectivity index (χ0) is 15.1. The molecule has 3 atom stereocenters. The SMILES string of the molecule is CC#Cc1cc2ccc(C(=O)N[C@@H]3C[C@H]4CC[C@@H]3N4)cc2o1. The minimum absolute atomic E-state index is 0.0271. The van der Waals surface area contributed by atoms with Crippen LogP contribution in [0.1, 0.15) is 42.3 Å². The minimum atomic E-state index is -0.0271. The summed E-state index contributed by atoms with van der Waals surface area (Å²) in [6.07, 6.45) is 3.43. The Kier molecular flexibility index (Phi) is 3.16. The standard InChI is InChI=1S/C18H18N2O2/c1-2-3-14-8-11-4-5-12(9-17(11)22-14)18(21)20-16-10-13-6-7-15(16)19-13/h4-5,8-9,13,15-16,19H,6-7,10H2,1H3,(H,20,21)/t13-,15+,16-/m1/s1. The number of rotatable bonds is 2. The van der Waals surface area contributed by atoms with Crippen LogP contribution in [0.2, 0.25) is 0 Å². The number of hydrogen-bond acceptors (Lipinski definition) is 3. The molecule has 2 bridgehead atoms. The summed E-state index contributed by atoms with van der Waals surface area (Å²) in [6, 6.07) is 8.72. The first kappa shape index (κ1) is 13.4. The smallest absolute Gasteiger partial charge is 0.251 e. The molecule has 0 unspecified atom stereocenters. The second kappa shape index (κ2) is 5.19. The van der Waals surface area contributed by atoms with Gasteiger partial charge < -0.3 is 15.1 Å². The van der Waals surface area contributed by atoms with Gasteiger partial charge in [-0.2, -0.15) is 0 Å². The highest BCUT2D eigenvalue weighted by Crippen LogP contribution is 2.28. The van der Waals surface area contributed by atoms with Crippen molar-refractivity contribution in [2.75, 3.05) is 0 Å². The van der Waals surface area contributed by atoms with Gasteiger partial charge in [0.2, 0.25) is 0 Å². The van der Waals surface area contributed by atoms with Gasteiger partial charge in [0.25, 0.3) is 5.91 Å². The van der Waals surface area contributed by atoms with E-state index in [4.69, 9.17) is 4.42 Å². The van der Waals surface area contributed by atoms with Crippen LogP contribution in [0.15, 0.2) is 28.7 Å². The largest absolute Gasteiger partial charge is 0.448 e. The van der Waals surface area contributed by atoms with Gasteiger partial charge in [0.15, 0.2) is 5.76 Å². The fraction of sp³-hybridized carbons (Fsp3) is 0.389. The lowest BCUT2D eigenvalue weighted by atomic mass is 9.95. The third-order valence-electron chi connectivity index (χ3n) is 4.65. The van der Waals surface area contributed by atoms with Gasteiger partial charge in [-0.15, -0.1) is 0 Å². The van der Waals surface area contributed by atoms with Crippen LogP contribution in [0.3, 0.4) is 0 Å². The number of benzene rings is 1. The molecule has 2 N–H and O–H groups in total. The van der Waals surface area contributed by atoms with E-state index in [-0.39, 0.29) is 11.9 Å². The Morgan fingerprint density at radius 3 is 3.00 bits per heavy atom. The zero-order valence-corrected chi connectivity index (χ0v) is 12.5. The van der Waals surface area contributed by atoms with Crippen LogP contribution < -0.4 is 10.6 Å².